The molecule has 3 fully saturated rings. The highest BCUT2D eigenvalue weighted by Gasteiger charge is 2.53. The van der Waals surface area contributed by atoms with Crippen molar-refractivity contribution in [2.24, 2.45) is 5.92 Å². The minimum atomic E-state index is -0.708. The molecule has 2 amide bonds. The predicted molar refractivity (Wildman–Crippen MR) is 156 cm³/mol. The predicted octanol–water partition coefficient (Wildman–Crippen LogP) is 5.92. The van der Waals surface area contributed by atoms with Crippen molar-refractivity contribution >= 4 is 11.8 Å². The number of amides is 2. The molecule has 2 heterocycles. The van der Waals surface area contributed by atoms with Gasteiger partial charge in [0, 0.05) is 32.2 Å². The van der Waals surface area contributed by atoms with E-state index in [4.69, 9.17) is 9.47 Å². The summed E-state index contributed by atoms with van der Waals surface area (Å²) in [5.74, 6) is 3.06. The number of likely N-dealkylation sites (tertiary alicyclic amines) is 1. The van der Waals surface area contributed by atoms with Crippen molar-refractivity contribution in [2.75, 3.05) is 26.7 Å². The third-order valence-corrected chi connectivity index (χ3v) is 9.13. The Balaban J connectivity index is 1.19. The second kappa shape index (κ2) is 13.1. The van der Waals surface area contributed by atoms with Crippen LogP contribution in [-0.2, 0) is 16.1 Å². The van der Waals surface area contributed by atoms with Crippen molar-refractivity contribution in [3.05, 3.63) is 54.1 Å². The summed E-state index contributed by atoms with van der Waals surface area (Å²) in [4.78, 5) is 31.9. The van der Waals surface area contributed by atoms with Crippen LogP contribution in [-0.4, -0.2) is 59.9 Å². The van der Waals surface area contributed by atoms with Gasteiger partial charge in [0.05, 0.1) is 7.11 Å². The summed E-state index contributed by atoms with van der Waals surface area (Å²) in [5.41, 5.74) is 0.494. The molecule has 1 saturated carbocycles. The first-order chi connectivity index (χ1) is 19.5. The van der Waals surface area contributed by atoms with Crippen LogP contribution in [0.5, 0.6) is 17.2 Å². The van der Waals surface area contributed by atoms with Gasteiger partial charge in [0.2, 0.25) is 11.8 Å². The Morgan fingerprint density at radius 3 is 2.38 bits per heavy atom. The van der Waals surface area contributed by atoms with Crippen molar-refractivity contribution in [2.45, 2.75) is 89.3 Å². The number of carbonyl (C=O) groups is 2. The van der Waals surface area contributed by atoms with Gasteiger partial charge in [-0.3, -0.25) is 14.5 Å². The molecule has 1 aliphatic carbocycles. The number of hydrogen-bond donors (Lipinski definition) is 1. The van der Waals surface area contributed by atoms with Crippen LogP contribution in [0.15, 0.2) is 48.5 Å². The Morgan fingerprint density at radius 1 is 0.950 bits per heavy atom. The molecule has 0 radical (unpaired) electrons. The Morgan fingerprint density at radius 2 is 1.68 bits per heavy atom. The molecule has 0 bridgehead atoms. The zero-order valence-corrected chi connectivity index (χ0v) is 24.2. The summed E-state index contributed by atoms with van der Waals surface area (Å²) in [7, 11) is 1.65. The summed E-state index contributed by atoms with van der Waals surface area (Å²) in [6.45, 7) is 5.22. The largest absolute Gasteiger partial charge is 0.497 e. The molecule has 3 aliphatic rings. The number of ether oxygens (including phenoxy) is 2. The van der Waals surface area contributed by atoms with E-state index in [0.29, 0.717) is 25.3 Å². The Labute approximate surface area is 239 Å². The third-order valence-electron chi connectivity index (χ3n) is 9.13. The highest BCUT2D eigenvalue weighted by Crippen LogP contribution is 2.36. The van der Waals surface area contributed by atoms with Crippen molar-refractivity contribution in [3.63, 3.8) is 0 Å². The minimum absolute atomic E-state index is 0.0720. The zero-order chi connectivity index (χ0) is 28.0. The Hall–Kier alpha value is -3.06. The number of nitrogens with one attached hydrogen (secondary N) is 1. The van der Waals surface area contributed by atoms with Crippen LogP contribution in [0.3, 0.4) is 0 Å². The average molecular weight is 548 g/mol. The maximum atomic E-state index is 13.8. The molecule has 2 saturated heterocycles. The molecule has 0 aromatic heterocycles. The molecule has 7 nitrogen and oxygen atoms in total. The van der Waals surface area contributed by atoms with E-state index in [1.807, 2.05) is 41.3 Å². The van der Waals surface area contributed by atoms with Gasteiger partial charge in [-0.1, -0.05) is 63.6 Å². The SMILES string of the molecule is CCCCN1C(=O)[C@H](CC2CCCCC2)NC(=O)C12CCN(Cc1ccc(Oc3cccc(OC)c3)cc1)CC2. The van der Waals surface area contributed by atoms with E-state index in [-0.39, 0.29) is 17.9 Å². The van der Waals surface area contributed by atoms with Gasteiger partial charge in [-0.25, -0.2) is 0 Å². The van der Waals surface area contributed by atoms with Crippen molar-refractivity contribution in [3.8, 4) is 17.2 Å². The summed E-state index contributed by atoms with van der Waals surface area (Å²) in [5, 5.41) is 3.21. The number of nitrogens with zero attached hydrogens (tertiary/aromatic N) is 2. The lowest BCUT2D eigenvalue weighted by Gasteiger charge is -2.52. The molecule has 2 aliphatic heterocycles. The van der Waals surface area contributed by atoms with E-state index >= 15 is 0 Å². The molecule has 5 rings (SSSR count). The molecule has 1 atom stereocenters. The molecule has 1 spiro atoms. The van der Waals surface area contributed by atoms with E-state index in [0.717, 1.165) is 56.1 Å². The van der Waals surface area contributed by atoms with Crippen LogP contribution in [0.4, 0.5) is 0 Å². The highest BCUT2D eigenvalue weighted by atomic mass is 16.5. The van der Waals surface area contributed by atoms with Crippen molar-refractivity contribution < 1.29 is 19.1 Å². The molecule has 7 heteroatoms. The van der Waals surface area contributed by atoms with Crippen LogP contribution in [0.2, 0.25) is 0 Å². The number of hydrogen-bond acceptors (Lipinski definition) is 5. The second-order valence-corrected chi connectivity index (χ2v) is 11.8. The maximum Gasteiger partial charge on any atom is 0.246 e. The molecular formula is C33H45N3O4. The summed E-state index contributed by atoms with van der Waals surface area (Å²) in [6, 6.07) is 15.4. The molecule has 0 unspecified atom stereocenters. The van der Waals surface area contributed by atoms with E-state index in [9.17, 15) is 9.59 Å². The van der Waals surface area contributed by atoms with Gasteiger partial charge in [0.15, 0.2) is 0 Å². The van der Waals surface area contributed by atoms with Crippen LogP contribution in [0.25, 0.3) is 0 Å². The first-order valence-electron chi connectivity index (χ1n) is 15.3. The van der Waals surface area contributed by atoms with Crippen LogP contribution >= 0.6 is 0 Å². The van der Waals surface area contributed by atoms with Crippen LogP contribution < -0.4 is 14.8 Å². The fourth-order valence-corrected chi connectivity index (χ4v) is 6.73. The minimum Gasteiger partial charge on any atom is -0.497 e. The van der Waals surface area contributed by atoms with Crippen molar-refractivity contribution in [1.82, 2.24) is 15.1 Å². The van der Waals surface area contributed by atoms with Gasteiger partial charge < -0.3 is 19.7 Å². The normalized spacial score (nSPS) is 21.9. The van der Waals surface area contributed by atoms with Crippen LogP contribution in [0, 0.1) is 5.92 Å². The van der Waals surface area contributed by atoms with E-state index in [1.54, 1.807) is 7.11 Å². The first-order valence-corrected chi connectivity index (χ1v) is 15.3. The number of piperazine rings is 1. The van der Waals surface area contributed by atoms with Gasteiger partial charge >= 0.3 is 0 Å². The van der Waals surface area contributed by atoms with E-state index < -0.39 is 5.54 Å². The number of benzene rings is 2. The standard InChI is InChI=1S/C33H45N3O4/c1-3-4-19-36-31(37)30(22-25-9-6-5-7-10-25)34-32(38)33(36)17-20-35(21-18-33)24-26-13-15-27(16-14-26)40-29-12-8-11-28(23-29)39-2/h8,11-16,23,25,30H,3-7,9-10,17-22,24H2,1-2H3,(H,34,38)/t30-/m0/s1. The summed E-state index contributed by atoms with van der Waals surface area (Å²) in [6.07, 6.45) is 10.3. The fraction of sp³-hybridized carbons (Fsp3) is 0.576. The second-order valence-electron chi connectivity index (χ2n) is 11.8. The smallest absolute Gasteiger partial charge is 0.246 e. The molecule has 2 aromatic rings. The number of unbranched alkanes of at least 4 members (excludes halogenated alkanes) is 1. The van der Waals surface area contributed by atoms with Gasteiger partial charge in [-0.2, -0.15) is 0 Å². The van der Waals surface area contributed by atoms with Crippen molar-refractivity contribution in [1.29, 1.82) is 0 Å². The Kier molecular flexibility index (Phi) is 9.30. The summed E-state index contributed by atoms with van der Waals surface area (Å²) < 4.78 is 11.3. The Bertz CT molecular complexity index is 1140. The average Bonchev–Trinajstić information content (AvgIpc) is 2.98. The van der Waals surface area contributed by atoms with Gasteiger partial charge in [-0.15, -0.1) is 0 Å². The van der Waals surface area contributed by atoms with Crippen LogP contribution in [0.1, 0.15) is 76.7 Å². The highest BCUT2D eigenvalue weighted by molar-refractivity contribution is 6.00. The molecular weight excluding hydrogens is 502 g/mol. The monoisotopic (exact) mass is 547 g/mol. The quantitative estimate of drug-likeness (QED) is 0.400. The number of carbonyl (C=O) groups excluding carboxylic acids is 2. The zero-order valence-electron chi connectivity index (χ0n) is 24.2. The van der Waals surface area contributed by atoms with Gasteiger partial charge in [-0.05, 0) is 61.4 Å². The fourth-order valence-electron chi connectivity index (χ4n) is 6.73. The number of methoxy groups -OCH3 is 1. The number of rotatable bonds is 10. The van der Waals surface area contributed by atoms with Gasteiger partial charge in [0.25, 0.3) is 0 Å². The first kappa shape index (κ1) is 28.5. The lowest BCUT2D eigenvalue weighted by atomic mass is 9.79. The van der Waals surface area contributed by atoms with E-state index in [1.165, 1.54) is 37.7 Å². The lowest BCUT2D eigenvalue weighted by Crippen LogP contribution is -2.73. The molecule has 216 valence electrons. The van der Waals surface area contributed by atoms with Gasteiger partial charge in [0.1, 0.15) is 28.8 Å². The molecule has 2 aromatic carbocycles. The maximum absolute atomic E-state index is 13.8. The third kappa shape index (κ3) is 6.46. The molecule has 40 heavy (non-hydrogen) atoms. The lowest BCUT2D eigenvalue weighted by molar-refractivity contribution is -0.162. The topological polar surface area (TPSA) is 71.1 Å². The van der Waals surface area contributed by atoms with E-state index in [2.05, 4.69) is 29.3 Å². The molecule has 1 N–H and O–H groups in total. The summed E-state index contributed by atoms with van der Waals surface area (Å²) >= 11 is 0. The number of piperidine rings is 1.